The number of sulfonamides is 1. The molecule has 1 aromatic rings. The lowest BCUT2D eigenvalue weighted by molar-refractivity contribution is -0.137. The quantitative estimate of drug-likeness (QED) is 0.763. The lowest BCUT2D eigenvalue weighted by atomic mass is 9.99. The Morgan fingerprint density at radius 1 is 1.07 bits per heavy atom. The number of likely N-dealkylation sites (tertiary alicyclic amines) is 2. The Bertz CT molecular complexity index is 857. The Labute approximate surface area is 174 Å². The molecule has 0 saturated carbocycles. The van der Waals surface area contributed by atoms with Gasteiger partial charge in [-0.3, -0.25) is 9.59 Å². The number of halogens is 2. The van der Waals surface area contributed by atoms with Crippen molar-refractivity contribution in [2.45, 2.75) is 31.7 Å². The number of carbonyl (C=O) groups excluding carboxylic acids is 2. The number of nitrogens with two attached hydrogens (primary N) is 1. The van der Waals surface area contributed by atoms with Crippen LogP contribution in [0.1, 0.15) is 36.0 Å². The first-order chi connectivity index (χ1) is 13.1. The third-order valence-electron chi connectivity index (χ3n) is 5.21. The average molecular weight is 448 g/mol. The van der Waals surface area contributed by atoms with Crippen LogP contribution in [0.3, 0.4) is 0 Å². The minimum atomic E-state index is -3.59. The number of amides is 2. The first-order valence-electron chi connectivity index (χ1n) is 9.20. The molecule has 0 bridgehead atoms. The van der Waals surface area contributed by atoms with E-state index in [2.05, 4.69) is 0 Å². The molecule has 2 aliphatic rings. The summed E-state index contributed by atoms with van der Waals surface area (Å²) in [5, 5.41) is 5.88. The highest BCUT2D eigenvalue weighted by Gasteiger charge is 2.38. The molecule has 2 amide bonds. The zero-order valence-corrected chi connectivity index (χ0v) is 17.6. The second-order valence-electron chi connectivity index (χ2n) is 7.44. The van der Waals surface area contributed by atoms with E-state index in [1.54, 1.807) is 28.0 Å². The van der Waals surface area contributed by atoms with Gasteiger partial charge in [-0.05, 0) is 49.8 Å². The molecule has 3 rings (SSSR count). The van der Waals surface area contributed by atoms with Gasteiger partial charge in [-0.15, -0.1) is 0 Å². The number of rotatable bonds is 4. The van der Waals surface area contributed by atoms with Crippen LogP contribution in [-0.4, -0.2) is 61.5 Å². The lowest BCUT2D eigenvalue weighted by Gasteiger charge is -2.36. The highest BCUT2D eigenvalue weighted by molar-refractivity contribution is 7.89. The fraction of sp³-hybridized carbons (Fsp3) is 0.556. The number of benzene rings is 1. The maximum atomic E-state index is 13.1. The van der Waals surface area contributed by atoms with Gasteiger partial charge in [0.2, 0.25) is 15.9 Å². The van der Waals surface area contributed by atoms with Crippen LogP contribution >= 0.6 is 23.2 Å². The van der Waals surface area contributed by atoms with Crippen molar-refractivity contribution in [3.8, 4) is 0 Å². The maximum Gasteiger partial charge on any atom is 0.254 e. The van der Waals surface area contributed by atoms with Crippen molar-refractivity contribution in [2.75, 3.05) is 25.4 Å². The summed E-state index contributed by atoms with van der Waals surface area (Å²) >= 11 is 12.0. The normalized spacial score (nSPS) is 23.1. The van der Waals surface area contributed by atoms with E-state index < -0.39 is 16.1 Å². The number of nitrogens with zero attached hydrogens (tertiary/aromatic N) is 2. The molecule has 154 valence electrons. The van der Waals surface area contributed by atoms with Crippen LogP contribution in [-0.2, 0) is 14.8 Å². The number of hydrogen-bond acceptors (Lipinski definition) is 4. The standard InChI is InChI=1S/C18H23Cl2N3O4S/c19-14-7-13(8-15(20)9-14)17(24)23-6-2-4-16(23)18(25)22-5-1-3-12(10-22)11-28(21,26)27/h7-9,12,16H,1-6,10-11H2,(H2,21,26,27). The van der Waals surface area contributed by atoms with Gasteiger partial charge in [0.15, 0.2) is 0 Å². The highest BCUT2D eigenvalue weighted by atomic mass is 35.5. The Hall–Kier alpha value is -1.35. The van der Waals surface area contributed by atoms with Gasteiger partial charge in [0.05, 0.1) is 5.75 Å². The van der Waals surface area contributed by atoms with Crippen LogP contribution in [0.15, 0.2) is 18.2 Å². The van der Waals surface area contributed by atoms with Crippen molar-refractivity contribution in [3.05, 3.63) is 33.8 Å². The molecular formula is C18H23Cl2N3O4S. The van der Waals surface area contributed by atoms with Gasteiger partial charge in [0.25, 0.3) is 5.91 Å². The number of hydrogen-bond donors (Lipinski definition) is 1. The summed E-state index contributed by atoms with van der Waals surface area (Å²) in [4.78, 5) is 29.3. The third kappa shape index (κ3) is 5.17. The van der Waals surface area contributed by atoms with E-state index in [-0.39, 0.29) is 23.5 Å². The molecule has 2 unspecified atom stereocenters. The van der Waals surface area contributed by atoms with E-state index in [4.69, 9.17) is 28.3 Å². The summed E-state index contributed by atoms with van der Waals surface area (Å²) in [7, 11) is -3.59. The molecule has 7 nitrogen and oxygen atoms in total. The van der Waals surface area contributed by atoms with Crippen molar-refractivity contribution in [1.82, 2.24) is 9.80 Å². The molecule has 2 fully saturated rings. The van der Waals surface area contributed by atoms with Crippen molar-refractivity contribution < 1.29 is 18.0 Å². The van der Waals surface area contributed by atoms with Gasteiger partial charge >= 0.3 is 0 Å². The lowest BCUT2D eigenvalue weighted by Crippen LogP contribution is -2.51. The molecule has 0 radical (unpaired) electrons. The average Bonchev–Trinajstić information content (AvgIpc) is 3.08. The molecule has 28 heavy (non-hydrogen) atoms. The maximum absolute atomic E-state index is 13.1. The van der Waals surface area contributed by atoms with Gasteiger partial charge in [-0.2, -0.15) is 0 Å². The summed E-state index contributed by atoms with van der Waals surface area (Å²) in [6, 6.07) is 4.07. The van der Waals surface area contributed by atoms with E-state index >= 15 is 0 Å². The molecule has 2 atom stereocenters. The van der Waals surface area contributed by atoms with E-state index in [0.29, 0.717) is 48.1 Å². The number of primary sulfonamides is 1. The first kappa shape index (κ1) is 21.4. The highest BCUT2D eigenvalue weighted by Crippen LogP contribution is 2.27. The van der Waals surface area contributed by atoms with Crippen LogP contribution in [0.4, 0.5) is 0 Å². The largest absolute Gasteiger partial charge is 0.341 e. The van der Waals surface area contributed by atoms with Gasteiger partial charge < -0.3 is 9.80 Å². The molecular weight excluding hydrogens is 425 g/mol. The van der Waals surface area contributed by atoms with E-state index in [0.717, 1.165) is 12.8 Å². The number of carbonyl (C=O) groups is 2. The summed E-state index contributed by atoms with van der Waals surface area (Å²) in [5.74, 6) is -0.730. The van der Waals surface area contributed by atoms with Gasteiger partial charge in [0.1, 0.15) is 6.04 Å². The van der Waals surface area contributed by atoms with Crippen molar-refractivity contribution in [3.63, 3.8) is 0 Å². The zero-order chi connectivity index (χ0) is 20.5. The molecule has 2 heterocycles. The molecule has 0 aromatic heterocycles. The Kier molecular flexibility index (Phi) is 6.54. The smallest absolute Gasteiger partial charge is 0.254 e. The Morgan fingerprint density at radius 2 is 1.71 bits per heavy atom. The molecule has 0 aliphatic carbocycles. The SMILES string of the molecule is NS(=O)(=O)CC1CCCN(C(=O)C2CCCN2C(=O)c2cc(Cl)cc(Cl)c2)C1. The molecule has 2 N–H and O–H groups in total. The molecule has 10 heteroatoms. The number of piperidine rings is 1. The van der Waals surface area contributed by atoms with E-state index in [1.165, 1.54) is 0 Å². The van der Waals surface area contributed by atoms with Crippen molar-refractivity contribution in [1.29, 1.82) is 0 Å². The Morgan fingerprint density at radius 3 is 2.36 bits per heavy atom. The minimum Gasteiger partial charge on any atom is -0.341 e. The molecule has 2 saturated heterocycles. The van der Waals surface area contributed by atoms with E-state index in [1.807, 2.05) is 0 Å². The summed E-state index contributed by atoms with van der Waals surface area (Å²) in [6.45, 7) is 1.38. The molecule has 2 aliphatic heterocycles. The molecule has 0 spiro atoms. The van der Waals surface area contributed by atoms with Crippen LogP contribution in [0.5, 0.6) is 0 Å². The van der Waals surface area contributed by atoms with Gasteiger partial charge in [0, 0.05) is 35.2 Å². The van der Waals surface area contributed by atoms with Crippen LogP contribution in [0.2, 0.25) is 10.0 Å². The van der Waals surface area contributed by atoms with Crippen LogP contribution in [0.25, 0.3) is 0 Å². The van der Waals surface area contributed by atoms with Crippen molar-refractivity contribution in [2.24, 2.45) is 11.1 Å². The van der Waals surface area contributed by atoms with Crippen molar-refractivity contribution >= 4 is 45.0 Å². The third-order valence-corrected chi connectivity index (χ3v) is 6.58. The topological polar surface area (TPSA) is 101 Å². The fourth-order valence-electron chi connectivity index (χ4n) is 4.05. The second kappa shape index (κ2) is 8.57. The van der Waals surface area contributed by atoms with E-state index in [9.17, 15) is 18.0 Å². The summed E-state index contributed by atoms with van der Waals surface area (Å²) in [6.07, 6.45) is 2.74. The zero-order valence-electron chi connectivity index (χ0n) is 15.3. The van der Waals surface area contributed by atoms with Gasteiger partial charge in [-0.25, -0.2) is 13.6 Å². The summed E-state index contributed by atoms with van der Waals surface area (Å²) in [5.41, 5.74) is 0.350. The van der Waals surface area contributed by atoms with Crippen LogP contribution in [0, 0.1) is 5.92 Å². The minimum absolute atomic E-state index is 0.134. The molecule has 1 aromatic carbocycles. The fourth-order valence-corrected chi connectivity index (χ4v) is 5.51. The predicted molar refractivity (Wildman–Crippen MR) is 108 cm³/mol. The van der Waals surface area contributed by atoms with Crippen LogP contribution < -0.4 is 5.14 Å². The Balaban J connectivity index is 1.73. The second-order valence-corrected chi connectivity index (χ2v) is 9.97. The van der Waals surface area contributed by atoms with Gasteiger partial charge in [-0.1, -0.05) is 23.2 Å². The summed E-state index contributed by atoms with van der Waals surface area (Å²) < 4.78 is 22.8. The first-order valence-corrected chi connectivity index (χ1v) is 11.7. The monoisotopic (exact) mass is 447 g/mol. The predicted octanol–water partition coefficient (Wildman–Crippen LogP) is 2.13.